The van der Waals surface area contributed by atoms with Gasteiger partial charge in [0.05, 0.1) is 0 Å². The second-order valence-electron chi connectivity index (χ2n) is 6.15. The number of benzene rings is 1. The van der Waals surface area contributed by atoms with E-state index in [9.17, 15) is 4.79 Å². The summed E-state index contributed by atoms with van der Waals surface area (Å²) in [7, 11) is 1.98. The van der Waals surface area contributed by atoms with Crippen molar-refractivity contribution in [3.63, 3.8) is 0 Å². The summed E-state index contributed by atoms with van der Waals surface area (Å²) in [6.45, 7) is 1.83. The summed E-state index contributed by atoms with van der Waals surface area (Å²) in [6, 6.07) is 6.59. The van der Waals surface area contributed by atoms with Crippen molar-refractivity contribution in [3.05, 3.63) is 34.9 Å². The Hall–Kier alpha value is -1.06. The van der Waals surface area contributed by atoms with Crippen LogP contribution in [0.2, 0.25) is 0 Å². The molecule has 0 atom stereocenters. The van der Waals surface area contributed by atoms with Crippen molar-refractivity contribution in [1.82, 2.24) is 10.2 Å². The van der Waals surface area contributed by atoms with Gasteiger partial charge in [-0.25, -0.2) is 0 Å². The van der Waals surface area contributed by atoms with Crippen molar-refractivity contribution >= 4 is 18.3 Å². The van der Waals surface area contributed by atoms with Crippen molar-refractivity contribution < 1.29 is 4.79 Å². The van der Waals surface area contributed by atoms with Crippen LogP contribution < -0.4 is 5.32 Å². The van der Waals surface area contributed by atoms with Crippen LogP contribution in [0.4, 0.5) is 0 Å². The normalized spacial score (nSPS) is 18.5. The summed E-state index contributed by atoms with van der Waals surface area (Å²) >= 11 is 0. The molecule has 1 amide bonds. The lowest BCUT2D eigenvalue weighted by Gasteiger charge is -2.27. The Bertz CT molecular complexity index is 496. The fraction of sp³-hybridized carbons (Fsp3) is 0.588. The van der Waals surface area contributed by atoms with Crippen LogP contribution in [0.3, 0.4) is 0 Å². The molecule has 0 spiro atoms. The highest BCUT2D eigenvalue weighted by Gasteiger charge is 2.23. The molecule has 3 nitrogen and oxygen atoms in total. The Kier molecular flexibility index (Phi) is 5.65. The Balaban J connectivity index is 0.00000161. The fourth-order valence-corrected chi connectivity index (χ4v) is 3.44. The number of carbonyl (C=O) groups is 1. The quantitative estimate of drug-likeness (QED) is 0.848. The number of rotatable bonds is 2. The summed E-state index contributed by atoms with van der Waals surface area (Å²) in [5.74, 6) is 0.187. The lowest BCUT2D eigenvalue weighted by atomic mass is 10.0. The van der Waals surface area contributed by atoms with Crippen LogP contribution in [-0.4, -0.2) is 23.9 Å². The first-order valence-corrected chi connectivity index (χ1v) is 7.85. The zero-order valence-corrected chi connectivity index (χ0v) is 13.5. The van der Waals surface area contributed by atoms with Crippen LogP contribution >= 0.6 is 12.4 Å². The molecular weight excluding hydrogens is 284 g/mol. The maximum absolute atomic E-state index is 12.7. The number of hydrogen-bond acceptors (Lipinski definition) is 2. The third-order valence-electron chi connectivity index (χ3n) is 4.78. The summed E-state index contributed by atoms with van der Waals surface area (Å²) < 4.78 is 0. The van der Waals surface area contributed by atoms with E-state index in [2.05, 4.69) is 17.4 Å². The smallest absolute Gasteiger partial charge is 0.253 e. The molecule has 3 rings (SSSR count). The van der Waals surface area contributed by atoms with E-state index in [-0.39, 0.29) is 18.3 Å². The van der Waals surface area contributed by atoms with E-state index in [0.29, 0.717) is 6.04 Å². The SMILES string of the molecule is CN(C(=O)c1ccc2c(c1)CNC2)C1CCCCCC1.Cl. The molecular formula is C17H25ClN2O. The number of nitrogens with zero attached hydrogens (tertiary/aromatic N) is 1. The lowest BCUT2D eigenvalue weighted by molar-refractivity contribution is 0.0717. The van der Waals surface area contributed by atoms with Gasteiger partial charge in [0.25, 0.3) is 5.91 Å². The first-order valence-electron chi connectivity index (χ1n) is 7.85. The first kappa shape index (κ1) is 16.3. The van der Waals surface area contributed by atoms with Gasteiger partial charge in [0.2, 0.25) is 0 Å². The molecule has 116 valence electrons. The van der Waals surface area contributed by atoms with Gasteiger partial charge >= 0.3 is 0 Å². The minimum absolute atomic E-state index is 0. The van der Waals surface area contributed by atoms with Crippen LogP contribution in [0.1, 0.15) is 60.0 Å². The predicted octanol–water partition coefficient (Wildman–Crippen LogP) is 3.51. The van der Waals surface area contributed by atoms with E-state index < -0.39 is 0 Å². The number of halogens is 1. The zero-order valence-electron chi connectivity index (χ0n) is 12.7. The molecule has 1 aliphatic heterocycles. The Morgan fingerprint density at radius 1 is 1.10 bits per heavy atom. The standard InChI is InChI=1S/C17H24N2O.ClH/c1-19(16-6-4-2-3-5-7-16)17(20)13-8-9-14-11-18-12-15(14)10-13;/h8-10,16,18H,2-7,11-12H2,1H3;1H. The first-order chi connectivity index (χ1) is 9.75. The molecule has 1 heterocycles. The van der Waals surface area contributed by atoms with Crippen LogP contribution in [0, 0.1) is 0 Å². The second-order valence-corrected chi connectivity index (χ2v) is 6.15. The third-order valence-corrected chi connectivity index (χ3v) is 4.78. The largest absolute Gasteiger partial charge is 0.339 e. The molecule has 21 heavy (non-hydrogen) atoms. The summed E-state index contributed by atoms with van der Waals surface area (Å²) in [5, 5.41) is 3.33. The van der Waals surface area contributed by atoms with Gasteiger partial charge in [0.1, 0.15) is 0 Å². The van der Waals surface area contributed by atoms with Crippen molar-refractivity contribution in [2.45, 2.75) is 57.7 Å². The van der Waals surface area contributed by atoms with Gasteiger partial charge in [-0.15, -0.1) is 12.4 Å². The Labute approximate surface area is 133 Å². The van der Waals surface area contributed by atoms with Crippen LogP contribution in [0.15, 0.2) is 18.2 Å². The number of nitrogens with one attached hydrogen (secondary N) is 1. The molecule has 0 saturated heterocycles. The van der Waals surface area contributed by atoms with Crippen molar-refractivity contribution in [2.24, 2.45) is 0 Å². The molecule has 0 unspecified atom stereocenters. The van der Waals surface area contributed by atoms with Gasteiger partial charge in [-0.3, -0.25) is 4.79 Å². The average molecular weight is 309 g/mol. The molecule has 1 aliphatic carbocycles. The van der Waals surface area contributed by atoms with E-state index >= 15 is 0 Å². The Morgan fingerprint density at radius 2 is 1.76 bits per heavy atom. The molecule has 4 heteroatoms. The summed E-state index contributed by atoms with van der Waals surface area (Å²) in [6.07, 6.45) is 7.49. The predicted molar refractivity (Wildman–Crippen MR) is 87.8 cm³/mol. The topological polar surface area (TPSA) is 32.3 Å². The molecule has 1 saturated carbocycles. The van der Waals surface area contributed by atoms with Gasteiger partial charge < -0.3 is 10.2 Å². The minimum Gasteiger partial charge on any atom is -0.339 e. The lowest BCUT2D eigenvalue weighted by Crippen LogP contribution is -2.36. The third kappa shape index (κ3) is 3.58. The molecule has 1 N–H and O–H groups in total. The molecule has 1 aromatic carbocycles. The highest BCUT2D eigenvalue weighted by atomic mass is 35.5. The molecule has 2 aliphatic rings. The average Bonchev–Trinajstić information content (AvgIpc) is 2.77. The number of hydrogen-bond donors (Lipinski definition) is 1. The number of fused-ring (bicyclic) bond motifs is 1. The highest BCUT2D eigenvalue weighted by molar-refractivity contribution is 5.94. The van der Waals surface area contributed by atoms with Gasteiger partial charge in [-0.05, 0) is 36.1 Å². The van der Waals surface area contributed by atoms with Gasteiger partial charge in [0, 0.05) is 31.7 Å². The van der Waals surface area contributed by atoms with Crippen molar-refractivity contribution in [3.8, 4) is 0 Å². The highest BCUT2D eigenvalue weighted by Crippen LogP contribution is 2.23. The molecule has 0 radical (unpaired) electrons. The minimum atomic E-state index is 0. The van der Waals surface area contributed by atoms with E-state index in [4.69, 9.17) is 0 Å². The molecule has 1 fully saturated rings. The molecule has 0 aromatic heterocycles. The fourth-order valence-electron chi connectivity index (χ4n) is 3.44. The van der Waals surface area contributed by atoms with Gasteiger partial charge in [0.15, 0.2) is 0 Å². The van der Waals surface area contributed by atoms with E-state index in [1.54, 1.807) is 0 Å². The maximum atomic E-state index is 12.7. The van der Waals surface area contributed by atoms with Crippen molar-refractivity contribution in [2.75, 3.05) is 7.05 Å². The van der Waals surface area contributed by atoms with E-state index in [0.717, 1.165) is 31.5 Å². The van der Waals surface area contributed by atoms with Crippen LogP contribution in [0.5, 0.6) is 0 Å². The van der Waals surface area contributed by atoms with Gasteiger partial charge in [-0.1, -0.05) is 31.7 Å². The molecule has 0 bridgehead atoms. The summed E-state index contributed by atoms with van der Waals surface area (Å²) in [4.78, 5) is 14.6. The number of amides is 1. The van der Waals surface area contributed by atoms with Crippen LogP contribution in [-0.2, 0) is 13.1 Å². The second kappa shape index (κ2) is 7.28. The van der Waals surface area contributed by atoms with E-state index in [1.807, 2.05) is 18.0 Å². The molecule has 1 aromatic rings. The Morgan fingerprint density at radius 3 is 2.48 bits per heavy atom. The summed E-state index contributed by atoms with van der Waals surface area (Å²) in [5.41, 5.74) is 3.46. The monoisotopic (exact) mass is 308 g/mol. The zero-order chi connectivity index (χ0) is 13.9. The van der Waals surface area contributed by atoms with Gasteiger partial charge in [-0.2, -0.15) is 0 Å². The van der Waals surface area contributed by atoms with Crippen molar-refractivity contribution in [1.29, 1.82) is 0 Å². The van der Waals surface area contributed by atoms with E-state index in [1.165, 1.54) is 36.8 Å². The van der Waals surface area contributed by atoms with Crippen LogP contribution in [0.25, 0.3) is 0 Å². The maximum Gasteiger partial charge on any atom is 0.253 e. The number of carbonyl (C=O) groups excluding carboxylic acids is 1.